The largest absolute Gasteiger partial charge is 0.494 e. The molecule has 108 valence electrons. The number of nitrogens with one attached hydrogen (secondary N) is 1. The van der Waals surface area contributed by atoms with Crippen molar-refractivity contribution in [1.29, 1.82) is 0 Å². The van der Waals surface area contributed by atoms with Gasteiger partial charge in [0, 0.05) is 6.04 Å². The molecule has 1 atom stereocenters. The zero-order chi connectivity index (χ0) is 14.6. The molecular weight excluding hydrogens is 273 g/mol. The first-order valence-electron chi connectivity index (χ1n) is 5.78. The quantitative estimate of drug-likeness (QED) is 0.824. The second-order valence-electron chi connectivity index (χ2n) is 4.45. The standard InChI is InChI=1S/C12H18FNO4S/c1-8(2)11(7-15)14-19(16,17)9-4-5-12(18-3)10(13)6-9/h4-6,8,11,14-15H,7H2,1-3H3. The number of sulfonamides is 1. The Morgan fingerprint density at radius 3 is 2.47 bits per heavy atom. The van der Waals surface area contributed by atoms with E-state index in [-0.39, 0.29) is 23.2 Å². The van der Waals surface area contributed by atoms with E-state index in [9.17, 15) is 12.8 Å². The number of aliphatic hydroxyl groups excluding tert-OH is 1. The maximum atomic E-state index is 13.5. The van der Waals surface area contributed by atoms with Crippen LogP contribution in [0.5, 0.6) is 5.75 Å². The molecular formula is C12H18FNO4S. The van der Waals surface area contributed by atoms with Gasteiger partial charge in [0.2, 0.25) is 10.0 Å². The second-order valence-corrected chi connectivity index (χ2v) is 6.16. The third-order valence-corrected chi connectivity index (χ3v) is 4.23. The summed E-state index contributed by atoms with van der Waals surface area (Å²) in [7, 11) is -2.57. The Kier molecular flexibility index (Phi) is 5.28. The number of hydrogen-bond acceptors (Lipinski definition) is 4. The van der Waals surface area contributed by atoms with E-state index in [1.54, 1.807) is 13.8 Å². The Labute approximate surface area is 112 Å². The molecule has 19 heavy (non-hydrogen) atoms. The lowest BCUT2D eigenvalue weighted by Gasteiger charge is -2.19. The lowest BCUT2D eigenvalue weighted by Crippen LogP contribution is -2.41. The summed E-state index contributed by atoms with van der Waals surface area (Å²) in [4.78, 5) is -0.204. The smallest absolute Gasteiger partial charge is 0.241 e. The van der Waals surface area contributed by atoms with Crippen LogP contribution < -0.4 is 9.46 Å². The van der Waals surface area contributed by atoms with Crippen molar-refractivity contribution in [2.24, 2.45) is 5.92 Å². The average molecular weight is 291 g/mol. The molecule has 1 aromatic carbocycles. The second kappa shape index (κ2) is 6.31. The first kappa shape index (κ1) is 15.9. The van der Waals surface area contributed by atoms with Crippen molar-refractivity contribution in [3.63, 3.8) is 0 Å². The maximum absolute atomic E-state index is 13.5. The summed E-state index contributed by atoms with van der Waals surface area (Å²) in [5, 5.41) is 9.12. The molecule has 0 heterocycles. The zero-order valence-electron chi connectivity index (χ0n) is 11.1. The third kappa shape index (κ3) is 3.89. The molecule has 0 radical (unpaired) electrons. The van der Waals surface area contributed by atoms with E-state index in [1.807, 2.05) is 0 Å². The van der Waals surface area contributed by atoms with E-state index in [0.717, 1.165) is 6.07 Å². The third-order valence-electron chi connectivity index (χ3n) is 2.74. The Bertz CT molecular complexity index is 531. The molecule has 0 amide bonds. The van der Waals surface area contributed by atoms with Gasteiger partial charge >= 0.3 is 0 Å². The van der Waals surface area contributed by atoms with E-state index in [0.29, 0.717) is 0 Å². The molecule has 0 spiro atoms. The minimum absolute atomic E-state index is 0.0264. The van der Waals surface area contributed by atoms with Gasteiger partial charge in [-0.25, -0.2) is 17.5 Å². The van der Waals surface area contributed by atoms with Gasteiger partial charge in [-0.3, -0.25) is 0 Å². The van der Waals surface area contributed by atoms with Crippen LogP contribution in [0.15, 0.2) is 23.1 Å². The molecule has 1 rings (SSSR count). The van der Waals surface area contributed by atoms with Gasteiger partial charge in [0.1, 0.15) is 0 Å². The van der Waals surface area contributed by atoms with Crippen molar-refractivity contribution in [2.45, 2.75) is 24.8 Å². The maximum Gasteiger partial charge on any atom is 0.241 e. The molecule has 5 nitrogen and oxygen atoms in total. The Balaban J connectivity index is 3.03. The fraction of sp³-hybridized carbons (Fsp3) is 0.500. The topological polar surface area (TPSA) is 75.6 Å². The summed E-state index contributed by atoms with van der Waals surface area (Å²) in [5.74, 6) is -0.861. The molecule has 0 aromatic heterocycles. The highest BCUT2D eigenvalue weighted by Gasteiger charge is 2.22. The lowest BCUT2D eigenvalue weighted by atomic mass is 10.1. The Morgan fingerprint density at radius 1 is 1.42 bits per heavy atom. The molecule has 2 N–H and O–H groups in total. The van der Waals surface area contributed by atoms with Gasteiger partial charge < -0.3 is 9.84 Å². The monoisotopic (exact) mass is 291 g/mol. The summed E-state index contributed by atoms with van der Waals surface area (Å²) in [6.07, 6.45) is 0. The first-order valence-corrected chi connectivity index (χ1v) is 7.27. The van der Waals surface area contributed by atoms with Crippen LogP contribution in [0, 0.1) is 11.7 Å². The lowest BCUT2D eigenvalue weighted by molar-refractivity contribution is 0.227. The minimum atomic E-state index is -3.87. The van der Waals surface area contributed by atoms with Crippen LogP contribution in [0.25, 0.3) is 0 Å². The van der Waals surface area contributed by atoms with E-state index < -0.39 is 21.9 Å². The van der Waals surface area contributed by atoms with Gasteiger partial charge in [-0.05, 0) is 24.1 Å². The molecule has 1 unspecified atom stereocenters. The number of aliphatic hydroxyl groups is 1. The van der Waals surface area contributed by atoms with E-state index in [2.05, 4.69) is 4.72 Å². The van der Waals surface area contributed by atoms with Crippen LogP contribution in [0.2, 0.25) is 0 Å². The summed E-state index contributed by atoms with van der Waals surface area (Å²) < 4.78 is 44.6. The van der Waals surface area contributed by atoms with Crippen LogP contribution >= 0.6 is 0 Å². The Hall–Kier alpha value is -1.18. The van der Waals surface area contributed by atoms with Crippen molar-refractivity contribution in [1.82, 2.24) is 4.72 Å². The normalized spacial score (nSPS) is 13.6. The van der Waals surface area contributed by atoms with Crippen molar-refractivity contribution in [3.8, 4) is 5.75 Å². The van der Waals surface area contributed by atoms with Crippen molar-refractivity contribution in [3.05, 3.63) is 24.0 Å². The fourth-order valence-electron chi connectivity index (χ4n) is 1.47. The van der Waals surface area contributed by atoms with Gasteiger partial charge in [-0.2, -0.15) is 0 Å². The van der Waals surface area contributed by atoms with Crippen molar-refractivity contribution in [2.75, 3.05) is 13.7 Å². The highest BCUT2D eigenvalue weighted by Crippen LogP contribution is 2.21. The number of rotatable bonds is 6. The summed E-state index contributed by atoms with van der Waals surface area (Å²) >= 11 is 0. The number of ether oxygens (including phenoxy) is 1. The molecule has 0 aliphatic carbocycles. The highest BCUT2D eigenvalue weighted by molar-refractivity contribution is 7.89. The van der Waals surface area contributed by atoms with Gasteiger partial charge in [-0.1, -0.05) is 13.8 Å². The fourth-order valence-corrected chi connectivity index (χ4v) is 2.85. The summed E-state index contributed by atoms with van der Waals surface area (Å²) in [5.41, 5.74) is 0. The van der Waals surface area contributed by atoms with E-state index >= 15 is 0 Å². The van der Waals surface area contributed by atoms with Crippen LogP contribution in [0.1, 0.15) is 13.8 Å². The predicted molar refractivity (Wildman–Crippen MR) is 69.0 cm³/mol. The summed E-state index contributed by atoms with van der Waals surface area (Å²) in [6, 6.07) is 2.76. The molecule has 0 bridgehead atoms. The van der Waals surface area contributed by atoms with Crippen LogP contribution in [0.3, 0.4) is 0 Å². The van der Waals surface area contributed by atoms with Gasteiger partial charge in [-0.15, -0.1) is 0 Å². The van der Waals surface area contributed by atoms with E-state index in [4.69, 9.17) is 9.84 Å². The molecule has 0 aliphatic rings. The van der Waals surface area contributed by atoms with E-state index in [1.165, 1.54) is 19.2 Å². The minimum Gasteiger partial charge on any atom is -0.494 e. The first-order chi connectivity index (χ1) is 8.81. The van der Waals surface area contributed by atoms with Gasteiger partial charge in [0.25, 0.3) is 0 Å². The number of benzene rings is 1. The number of methoxy groups -OCH3 is 1. The molecule has 0 fully saturated rings. The zero-order valence-corrected chi connectivity index (χ0v) is 11.9. The Morgan fingerprint density at radius 2 is 2.05 bits per heavy atom. The van der Waals surface area contributed by atoms with Crippen molar-refractivity contribution >= 4 is 10.0 Å². The summed E-state index contributed by atoms with van der Waals surface area (Å²) in [6.45, 7) is 3.23. The molecule has 1 aromatic rings. The van der Waals surface area contributed by atoms with Crippen LogP contribution in [-0.4, -0.2) is 33.3 Å². The molecule has 0 saturated heterocycles. The number of hydrogen-bond donors (Lipinski definition) is 2. The highest BCUT2D eigenvalue weighted by atomic mass is 32.2. The van der Waals surface area contributed by atoms with Gasteiger partial charge in [0.15, 0.2) is 11.6 Å². The predicted octanol–water partition coefficient (Wildman–Crippen LogP) is 1.13. The molecule has 7 heteroatoms. The van der Waals surface area contributed by atoms with Crippen LogP contribution in [0.4, 0.5) is 4.39 Å². The molecule has 0 aliphatic heterocycles. The average Bonchev–Trinajstić information content (AvgIpc) is 2.35. The molecule has 0 saturated carbocycles. The van der Waals surface area contributed by atoms with Crippen molar-refractivity contribution < 1.29 is 22.7 Å². The van der Waals surface area contributed by atoms with Gasteiger partial charge in [0.05, 0.1) is 18.6 Å². The van der Waals surface area contributed by atoms with Crippen LogP contribution in [-0.2, 0) is 10.0 Å². The SMILES string of the molecule is COc1ccc(S(=O)(=O)NC(CO)C(C)C)cc1F. The number of halogens is 1.